The van der Waals surface area contributed by atoms with Crippen LogP contribution >= 0.6 is 0 Å². The van der Waals surface area contributed by atoms with E-state index in [0.29, 0.717) is 38.9 Å². The lowest BCUT2D eigenvalue weighted by Gasteiger charge is -2.23. The third-order valence-electron chi connectivity index (χ3n) is 6.58. The number of benzene rings is 3. The molecule has 6 nitrogen and oxygen atoms in total. The van der Waals surface area contributed by atoms with Gasteiger partial charge in [-0.3, -0.25) is 9.59 Å². The zero-order valence-corrected chi connectivity index (χ0v) is 21.4. The lowest BCUT2D eigenvalue weighted by atomic mass is 10.1. The van der Waals surface area contributed by atoms with Crippen molar-refractivity contribution < 1.29 is 18.0 Å². The van der Waals surface area contributed by atoms with Crippen LogP contribution in [0.5, 0.6) is 0 Å². The van der Waals surface area contributed by atoms with Gasteiger partial charge in [-0.15, -0.1) is 0 Å². The van der Waals surface area contributed by atoms with Crippen molar-refractivity contribution in [1.82, 2.24) is 4.90 Å². The van der Waals surface area contributed by atoms with E-state index in [0.717, 1.165) is 22.4 Å². The van der Waals surface area contributed by atoms with E-state index in [-0.39, 0.29) is 28.9 Å². The normalized spacial score (nSPS) is 12.9. The van der Waals surface area contributed by atoms with Gasteiger partial charge in [-0.05, 0) is 47.7 Å². The first-order valence-corrected chi connectivity index (χ1v) is 14.0. The van der Waals surface area contributed by atoms with Crippen LogP contribution in [0.4, 0.5) is 5.69 Å². The Morgan fingerprint density at radius 3 is 2.25 bits per heavy atom. The van der Waals surface area contributed by atoms with E-state index in [1.54, 1.807) is 28.0 Å². The summed E-state index contributed by atoms with van der Waals surface area (Å²) in [5.41, 5.74) is 3.78. The van der Waals surface area contributed by atoms with E-state index in [2.05, 4.69) is 0 Å². The Hall–Kier alpha value is -3.45. The summed E-state index contributed by atoms with van der Waals surface area (Å²) in [6.07, 6.45) is 1.66. The minimum Gasteiger partial charge on any atom is -0.338 e. The molecule has 0 aromatic heterocycles. The van der Waals surface area contributed by atoms with Crippen LogP contribution in [0.1, 0.15) is 36.5 Å². The molecule has 2 amide bonds. The van der Waals surface area contributed by atoms with Gasteiger partial charge >= 0.3 is 0 Å². The second-order valence-corrected chi connectivity index (χ2v) is 11.2. The Morgan fingerprint density at radius 1 is 0.917 bits per heavy atom. The predicted molar refractivity (Wildman–Crippen MR) is 141 cm³/mol. The number of carbonyl (C=O) groups excluding carboxylic acids is 2. The molecule has 0 saturated carbocycles. The van der Waals surface area contributed by atoms with E-state index in [1.807, 2.05) is 67.6 Å². The van der Waals surface area contributed by atoms with Crippen molar-refractivity contribution in [3.8, 4) is 0 Å². The Balaban J connectivity index is 1.44. The summed E-state index contributed by atoms with van der Waals surface area (Å²) in [7, 11) is -3.64. The number of sulfone groups is 1. The van der Waals surface area contributed by atoms with Crippen LogP contribution in [0, 0.1) is 0 Å². The average Bonchev–Trinajstić information content (AvgIpc) is 3.34. The lowest BCUT2D eigenvalue weighted by Crippen LogP contribution is -2.33. The number of hydrogen-bond acceptors (Lipinski definition) is 4. The van der Waals surface area contributed by atoms with Gasteiger partial charge in [-0.2, -0.15) is 0 Å². The van der Waals surface area contributed by atoms with Crippen LogP contribution < -0.4 is 4.90 Å². The van der Waals surface area contributed by atoms with Crippen LogP contribution in [-0.2, 0) is 38.8 Å². The van der Waals surface area contributed by atoms with Crippen molar-refractivity contribution in [1.29, 1.82) is 0 Å². The zero-order valence-electron chi connectivity index (χ0n) is 20.6. The maximum Gasteiger partial charge on any atom is 0.226 e. The smallest absolute Gasteiger partial charge is 0.226 e. The maximum atomic E-state index is 13.2. The van der Waals surface area contributed by atoms with Crippen LogP contribution in [0.3, 0.4) is 0 Å². The van der Waals surface area contributed by atoms with Gasteiger partial charge in [0.1, 0.15) is 0 Å². The van der Waals surface area contributed by atoms with Crippen molar-refractivity contribution in [2.24, 2.45) is 0 Å². The summed E-state index contributed by atoms with van der Waals surface area (Å²) in [5.74, 6) is -0.401. The number of anilines is 1. The first-order valence-electron chi connectivity index (χ1n) is 12.4. The molecule has 1 heterocycles. The zero-order chi connectivity index (χ0) is 25.5. The quantitative estimate of drug-likeness (QED) is 0.410. The number of rotatable bonds is 10. The highest BCUT2D eigenvalue weighted by atomic mass is 32.2. The molecule has 0 spiro atoms. The summed E-state index contributed by atoms with van der Waals surface area (Å²) in [4.78, 5) is 29.0. The molecule has 0 unspecified atom stereocenters. The second-order valence-electron chi connectivity index (χ2n) is 9.04. The fraction of sp³-hybridized carbons (Fsp3) is 0.310. The second kappa shape index (κ2) is 11.5. The fourth-order valence-electron chi connectivity index (χ4n) is 4.52. The molecule has 0 atom stereocenters. The minimum atomic E-state index is -3.64. The third kappa shape index (κ3) is 6.21. The van der Waals surface area contributed by atoms with Gasteiger partial charge < -0.3 is 9.80 Å². The van der Waals surface area contributed by atoms with Crippen molar-refractivity contribution in [3.63, 3.8) is 0 Å². The molecule has 7 heteroatoms. The summed E-state index contributed by atoms with van der Waals surface area (Å²) in [5, 5.41) is 0. The molecule has 0 radical (unpaired) electrons. The average molecular weight is 505 g/mol. The maximum absolute atomic E-state index is 13.2. The van der Waals surface area contributed by atoms with E-state index in [1.165, 1.54) is 0 Å². The highest BCUT2D eigenvalue weighted by molar-refractivity contribution is 7.91. The highest BCUT2D eigenvalue weighted by Crippen LogP contribution is 2.31. The van der Waals surface area contributed by atoms with Gasteiger partial charge in [-0.1, -0.05) is 67.6 Å². The molecule has 0 bridgehead atoms. The van der Waals surface area contributed by atoms with Gasteiger partial charge in [0, 0.05) is 38.2 Å². The SMILES string of the molecule is CCC(=O)N1CCc2cc(S(=O)(=O)CCC(=O)N(CCc3ccccc3)Cc3ccccc3)ccc21. The van der Waals surface area contributed by atoms with E-state index < -0.39 is 9.84 Å². The molecule has 1 aliphatic rings. The molecule has 0 aliphatic carbocycles. The first-order chi connectivity index (χ1) is 17.4. The van der Waals surface area contributed by atoms with Crippen molar-refractivity contribution >= 4 is 27.3 Å². The Kier molecular flexibility index (Phi) is 8.21. The molecule has 3 aromatic carbocycles. The highest BCUT2D eigenvalue weighted by Gasteiger charge is 2.26. The molecular weight excluding hydrogens is 472 g/mol. The molecule has 0 fully saturated rings. The summed E-state index contributed by atoms with van der Waals surface area (Å²) in [6.45, 7) is 3.33. The first kappa shape index (κ1) is 25.6. The van der Waals surface area contributed by atoms with Gasteiger partial charge in [0.05, 0.1) is 10.6 Å². The summed E-state index contributed by atoms with van der Waals surface area (Å²) in [6, 6.07) is 24.6. The number of hydrogen-bond donors (Lipinski definition) is 0. The molecule has 0 saturated heterocycles. The van der Waals surface area contributed by atoms with E-state index in [9.17, 15) is 18.0 Å². The van der Waals surface area contributed by atoms with E-state index >= 15 is 0 Å². The monoisotopic (exact) mass is 504 g/mol. The molecular formula is C29H32N2O4S. The van der Waals surface area contributed by atoms with Crippen LogP contribution in [0.15, 0.2) is 83.8 Å². The van der Waals surface area contributed by atoms with Gasteiger partial charge in [0.15, 0.2) is 9.84 Å². The third-order valence-corrected chi connectivity index (χ3v) is 8.29. The standard InChI is InChI=1S/C29H32N2O4S/c1-2-28(32)31-19-16-25-21-26(13-14-27(25)31)36(34,35)20-17-29(33)30(22-24-11-7-4-8-12-24)18-15-23-9-5-3-6-10-23/h3-14,21H,2,15-20,22H2,1H3. The Labute approximate surface area is 213 Å². The topological polar surface area (TPSA) is 74.8 Å². The molecule has 1 aliphatic heterocycles. The van der Waals surface area contributed by atoms with Crippen molar-refractivity contribution in [3.05, 3.63) is 95.6 Å². The Morgan fingerprint density at radius 2 is 1.58 bits per heavy atom. The summed E-state index contributed by atoms with van der Waals surface area (Å²) < 4.78 is 26.2. The molecule has 36 heavy (non-hydrogen) atoms. The predicted octanol–water partition coefficient (Wildman–Crippen LogP) is 4.42. The lowest BCUT2D eigenvalue weighted by molar-refractivity contribution is -0.131. The molecule has 3 aromatic rings. The molecule has 0 N–H and O–H groups in total. The van der Waals surface area contributed by atoms with E-state index in [4.69, 9.17) is 0 Å². The number of amides is 2. The summed E-state index contributed by atoms with van der Waals surface area (Å²) >= 11 is 0. The van der Waals surface area contributed by atoms with Crippen LogP contribution in [0.2, 0.25) is 0 Å². The van der Waals surface area contributed by atoms with Crippen molar-refractivity contribution in [2.75, 3.05) is 23.7 Å². The van der Waals surface area contributed by atoms with Gasteiger partial charge in [0.25, 0.3) is 0 Å². The van der Waals surface area contributed by atoms with Crippen LogP contribution in [-0.4, -0.2) is 44.0 Å². The van der Waals surface area contributed by atoms with Gasteiger partial charge in [0.2, 0.25) is 11.8 Å². The number of carbonyl (C=O) groups is 2. The largest absolute Gasteiger partial charge is 0.338 e. The molecule has 188 valence electrons. The fourth-order valence-corrected chi connectivity index (χ4v) is 5.80. The van der Waals surface area contributed by atoms with Crippen molar-refractivity contribution in [2.45, 2.75) is 44.0 Å². The molecule has 4 rings (SSSR count). The minimum absolute atomic E-state index is 0.0314. The number of fused-ring (bicyclic) bond motifs is 1. The van der Waals surface area contributed by atoms with Gasteiger partial charge in [-0.25, -0.2) is 8.42 Å². The Bertz CT molecular complexity index is 1310. The number of nitrogens with zero attached hydrogens (tertiary/aromatic N) is 2. The van der Waals surface area contributed by atoms with Crippen LogP contribution in [0.25, 0.3) is 0 Å².